The third-order valence-electron chi connectivity index (χ3n) is 1.54. The predicted molar refractivity (Wildman–Crippen MR) is 52.1 cm³/mol. The lowest BCUT2D eigenvalue weighted by Crippen LogP contribution is -2.19. The van der Waals surface area contributed by atoms with Crippen molar-refractivity contribution in [3.63, 3.8) is 0 Å². The molecule has 0 heterocycles. The molecule has 0 aliphatic carbocycles. The van der Waals surface area contributed by atoms with Crippen LogP contribution in [0.3, 0.4) is 0 Å². The molecule has 0 amide bonds. The molecule has 0 radical (unpaired) electrons. The van der Waals surface area contributed by atoms with E-state index in [1.807, 2.05) is 18.2 Å². The van der Waals surface area contributed by atoms with Gasteiger partial charge in [0.15, 0.2) is 6.29 Å². The van der Waals surface area contributed by atoms with Crippen LogP contribution in [-0.2, 0) is 20.7 Å². The maximum absolute atomic E-state index is 10.6. The van der Waals surface area contributed by atoms with E-state index in [1.54, 1.807) is 12.1 Å². The van der Waals surface area contributed by atoms with Gasteiger partial charge in [-0.1, -0.05) is 30.3 Å². The fourth-order valence-electron chi connectivity index (χ4n) is 1.05. The lowest BCUT2D eigenvalue weighted by Gasteiger charge is -2.09. The Balaban J connectivity index is 2.54. The predicted octanol–water partition coefficient (Wildman–Crippen LogP) is 0.524. The maximum atomic E-state index is 10.6. The van der Waals surface area contributed by atoms with Gasteiger partial charge in [0.05, 0.1) is 6.26 Å². The van der Waals surface area contributed by atoms with Crippen molar-refractivity contribution in [3.8, 4) is 0 Å². The first-order chi connectivity index (χ1) is 6.47. The SMILES string of the molecule is CS(=O)(=O)OC(O)Cc1ccccc1. The normalized spacial score (nSPS) is 13.9. The summed E-state index contributed by atoms with van der Waals surface area (Å²) in [5.41, 5.74) is 0.823. The van der Waals surface area contributed by atoms with E-state index in [1.165, 1.54) is 0 Å². The molecule has 14 heavy (non-hydrogen) atoms. The van der Waals surface area contributed by atoms with Crippen molar-refractivity contribution < 1.29 is 17.7 Å². The van der Waals surface area contributed by atoms with E-state index in [-0.39, 0.29) is 6.42 Å². The Hall–Kier alpha value is -0.910. The zero-order valence-corrected chi connectivity index (χ0v) is 8.57. The molecule has 0 saturated heterocycles. The van der Waals surface area contributed by atoms with Crippen LogP contribution < -0.4 is 0 Å². The molecule has 0 aromatic heterocycles. The number of aliphatic hydroxyl groups is 1. The quantitative estimate of drug-likeness (QED) is 0.589. The van der Waals surface area contributed by atoms with Gasteiger partial charge in [-0.3, -0.25) is 0 Å². The lowest BCUT2D eigenvalue weighted by atomic mass is 10.1. The zero-order valence-electron chi connectivity index (χ0n) is 7.75. The summed E-state index contributed by atoms with van der Waals surface area (Å²) in [7, 11) is -3.59. The topological polar surface area (TPSA) is 63.6 Å². The number of aliphatic hydroxyl groups excluding tert-OH is 1. The summed E-state index contributed by atoms with van der Waals surface area (Å²) in [6, 6.07) is 9.03. The second-order valence-electron chi connectivity index (χ2n) is 2.94. The summed E-state index contributed by atoms with van der Waals surface area (Å²) in [6.45, 7) is 0. The molecule has 0 aliphatic heterocycles. The molecule has 78 valence electrons. The van der Waals surface area contributed by atoms with Gasteiger partial charge in [-0.25, -0.2) is 4.18 Å². The molecule has 1 aromatic rings. The van der Waals surface area contributed by atoms with Crippen molar-refractivity contribution in [3.05, 3.63) is 35.9 Å². The molecule has 1 unspecified atom stereocenters. The van der Waals surface area contributed by atoms with Gasteiger partial charge in [0.2, 0.25) is 0 Å². The second kappa shape index (κ2) is 4.54. The molecular weight excluding hydrogens is 204 g/mol. The average molecular weight is 216 g/mol. The van der Waals surface area contributed by atoms with Gasteiger partial charge >= 0.3 is 0 Å². The van der Waals surface area contributed by atoms with Crippen LogP contribution in [-0.4, -0.2) is 26.1 Å². The fraction of sp³-hybridized carbons (Fsp3) is 0.333. The van der Waals surface area contributed by atoms with Crippen LogP contribution >= 0.6 is 0 Å². The Labute approximate surface area is 83.3 Å². The Morgan fingerprint density at radius 1 is 1.36 bits per heavy atom. The molecule has 0 fully saturated rings. The number of hydrogen-bond acceptors (Lipinski definition) is 4. The van der Waals surface area contributed by atoms with Crippen molar-refractivity contribution in [1.29, 1.82) is 0 Å². The van der Waals surface area contributed by atoms with Crippen LogP contribution in [0.5, 0.6) is 0 Å². The minimum absolute atomic E-state index is 0.161. The molecule has 0 aliphatic rings. The Morgan fingerprint density at radius 2 is 1.93 bits per heavy atom. The van der Waals surface area contributed by atoms with Crippen LogP contribution in [0.4, 0.5) is 0 Å². The van der Waals surface area contributed by atoms with E-state index in [9.17, 15) is 13.5 Å². The van der Waals surface area contributed by atoms with Crippen molar-refractivity contribution in [2.75, 3.05) is 6.26 Å². The van der Waals surface area contributed by atoms with E-state index in [2.05, 4.69) is 4.18 Å². The van der Waals surface area contributed by atoms with Gasteiger partial charge in [-0.05, 0) is 5.56 Å². The highest BCUT2D eigenvalue weighted by atomic mass is 32.2. The number of benzene rings is 1. The fourth-order valence-corrected chi connectivity index (χ4v) is 1.52. The van der Waals surface area contributed by atoms with Gasteiger partial charge in [0.25, 0.3) is 10.1 Å². The van der Waals surface area contributed by atoms with Gasteiger partial charge in [0.1, 0.15) is 0 Å². The van der Waals surface area contributed by atoms with Crippen molar-refractivity contribution in [1.82, 2.24) is 0 Å². The summed E-state index contributed by atoms with van der Waals surface area (Å²) >= 11 is 0. The van der Waals surface area contributed by atoms with Gasteiger partial charge in [0, 0.05) is 6.42 Å². The minimum atomic E-state index is -3.59. The highest BCUT2D eigenvalue weighted by Crippen LogP contribution is 2.05. The molecule has 0 saturated carbocycles. The lowest BCUT2D eigenvalue weighted by molar-refractivity contribution is -0.00957. The van der Waals surface area contributed by atoms with Gasteiger partial charge in [-0.15, -0.1) is 0 Å². The molecule has 1 aromatic carbocycles. The van der Waals surface area contributed by atoms with Crippen LogP contribution in [0.15, 0.2) is 30.3 Å². The zero-order chi connectivity index (χ0) is 10.6. The molecule has 1 rings (SSSR count). The van der Waals surface area contributed by atoms with E-state index in [0.29, 0.717) is 0 Å². The summed E-state index contributed by atoms with van der Waals surface area (Å²) in [5, 5.41) is 9.24. The molecular formula is C9H12O4S. The standard InChI is InChI=1S/C9H12O4S/c1-14(11,12)13-9(10)7-8-5-3-2-4-6-8/h2-6,9-10H,7H2,1H3. The van der Waals surface area contributed by atoms with E-state index >= 15 is 0 Å². The molecule has 4 nitrogen and oxygen atoms in total. The van der Waals surface area contributed by atoms with Crippen LogP contribution in [0, 0.1) is 0 Å². The first kappa shape index (κ1) is 11.2. The summed E-state index contributed by atoms with van der Waals surface area (Å²) in [6.07, 6.45) is -0.248. The molecule has 0 bridgehead atoms. The summed E-state index contributed by atoms with van der Waals surface area (Å²) in [5.74, 6) is 0. The molecule has 1 atom stereocenters. The number of rotatable bonds is 4. The van der Waals surface area contributed by atoms with Crippen molar-refractivity contribution in [2.24, 2.45) is 0 Å². The second-order valence-corrected chi connectivity index (χ2v) is 4.55. The monoisotopic (exact) mass is 216 g/mol. The van der Waals surface area contributed by atoms with E-state index < -0.39 is 16.4 Å². The maximum Gasteiger partial charge on any atom is 0.266 e. The van der Waals surface area contributed by atoms with E-state index in [0.717, 1.165) is 11.8 Å². The summed E-state index contributed by atoms with van der Waals surface area (Å²) < 4.78 is 25.7. The largest absolute Gasteiger partial charge is 0.367 e. The Kier molecular flexibility index (Phi) is 3.62. The van der Waals surface area contributed by atoms with E-state index in [4.69, 9.17) is 0 Å². The van der Waals surface area contributed by atoms with Crippen LogP contribution in [0.2, 0.25) is 0 Å². The van der Waals surface area contributed by atoms with Crippen molar-refractivity contribution >= 4 is 10.1 Å². The van der Waals surface area contributed by atoms with Crippen molar-refractivity contribution in [2.45, 2.75) is 12.7 Å². The molecule has 1 N–H and O–H groups in total. The average Bonchev–Trinajstić information content (AvgIpc) is 2.02. The molecule has 0 spiro atoms. The van der Waals surface area contributed by atoms with Crippen LogP contribution in [0.1, 0.15) is 5.56 Å². The van der Waals surface area contributed by atoms with Gasteiger partial charge in [-0.2, -0.15) is 8.42 Å². The smallest absolute Gasteiger partial charge is 0.266 e. The first-order valence-electron chi connectivity index (χ1n) is 4.07. The molecule has 5 heteroatoms. The minimum Gasteiger partial charge on any atom is -0.367 e. The van der Waals surface area contributed by atoms with Crippen LogP contribution in [0.25, 0.3) is 0 Å². The Bertz CT molecular complexity index is 371. The Morgan fingerprint density at radius 3 is 2.43 bits per heavy atom. The third-order valence-corrected chi connectivity index (χ3v) is 2.11. The third kappa shape index (κ3) is 4.36. The number of hydrogen-bond donors (Lipinski definition) is 1. The van der Waals surface area contributed by atoms with Gasteiger partial charge < -0.3 is 5.11 Å². The highest BCUT2D eigenvalue weighted by Gasteiger charge is 2.12. The first-order valence-corrected chi connectivity index (χ1v) is 5.89. The summed E-state index contributed by atoms with van der Waals surface area (Å²) in [4.78, 5) is 0. The highest BCUT2D eigenvalue weighted by molar-refractivity contribution is 7.86.